The Bertz CT molecular complexity index is 806. The molecule has 0 saturated carbocycles. The summed E-state index contributed by atoms with van der Waals surface area (Å²) in [5, 5.41) is 7.13. The number of rotatable bonds is 5. The van der Waals surface area contributed by atoms with Crippen molar-refractivity contribution in [2.45, 2.75) is 25.4 Å². The Labute approximate surface area is 132 Å². The van der Waals surface area contributed by atoms with Crippen LogP contribution in [-0.4, -0.2) is 42.8 Å². The average Bonchev–Trinajstić information content (AvgIpc) is 3.28. The first-order valence-corrected chi connectivity index (χ1v) is 7.61. The summed E-state index contributed by atoms with van der Waals surface area (Å²) in [6.45, 7) is 1.38. The lowest BCUT2D eigenvalue weighted by Crippen LogP contribution is -2.09. The number of anilines is 1. The minimum atomic E-state index is -0.0425. The average molecular weight is 315 g/mol. The van der Waals surface area contributed by atoms with Crippen molar-refractivity contribution in [3.05, 3.63) is 24.2 Å². The number of nitrogens with one attached hydrogen (secondary N) is 1. The van der Waals surface area contributed by atoms with E-state index in [2.05, 4.69) is 30.4 Å². The molecule has 120 valence electrons. The molecule has 0 aliphatic carbocycles. The first-order chi connectivity index (χ1) is 11.3. The Morgan fingerprint density at radius 2 is 2.30 bits per heavy atom. The molecule has 4 heterocycles. The van der Waals surface area contributed by atoms with Crippen molar-refractivity contribution < 1.29 is 9.26 Å². The van der Waals surface area contributed by atoms with Gasteiger partial charge in [0.1, 0.15) is 11.6 Å². The van der Waals surface area contributed by atoms with Gasteiger partial charge in [-0.05, 0) is 12.8 Å². The predicted octanol–water partition coefficient (Wildman–Crippen LogP) is 1.25. The lowest BCUT2D eigenvalue weighted by atomic mass is 10.2. The molecule has 1 unspecified atom stereocenters. The molecule has 1 saturated heterocycles. The molecule has 3 aromatic heterocycles. The SMILES string of the molecule is Cn1cnc2nc(NCCc3noc(C4CCCO4)n3)ncc21. The second-order valence-corrected chi connectivity index (χ2v) is 5.49. The smallest absolute Gasteiger partial charge is 0.255 e. The summed E-state index contributed by atoms with van der Waals surface area (Å²) in [5.41, 5.74) is 1.57. The predicted molar refractivity (Wildman–Crippen MR) is 80.7 cm³/mol. The van der Waals surface area contributed by atoms with E-state index in [1.54, 1.807) is 12.5 Å². The van der Waals surface area contributed by atoms with Gasteiger partial charge in [-0.3, -0.25) is 0 Å². The van der Waals surface area contributed by atoms with E-state index in [0.29, 0.717) is 36.3 Å². The molecule has 1 N–H and O–H groups in total. The number of hydrogen-bond acceptors (Lipinski definition) is 8. The Kier molecular flexibility index (Phi) is 3.62. The number of ether oxygens (including phenoxy) is 1. The third-order valence-electron chi connectivity index (χ3n) is 3.80. The van der Waals surface area contributed by atoms with Crippen LogP contribution in [0.1, 0.15) is 30.7 Å². The summed E-state index contributed by atoms with van der Waals surface area (Å²) >= 11 is 0. The van der Waals surface area contributed by atoms with Crippen molar-refractivity contribution in [3.63, 3.8) is 0 Å². The maximum atomic E-state index is 5.53. The molecule has 23 heavy (non-hydrogen) atoms. The van der Waals surface area contributed by atoms with Crippen LogP contribution in [0, 0.1) is 0 Å². The van der Waals surface area contributed by atoms with Gasteiger partial charge in [0.05, 0.1) is 12.5 Å². The molecule has 0 radical (unpaired) electrons. The van der Waals surface area contributed by atoms with E-state index < -0.39 is 0 Å². The molecule has 0 spiro atoms. The molecule has 1 fully saturated rings. The Morgan fingerprint density at radius 3 is 3.17 bits per heavy atom. The molecule has 1 aliphatic heterocycles. The van der Waals surface area contributed by atoms with Crippen LogP contribution in [0.25, 0.3) is 11.2 Å². The fourth-order valence-corrected chi connectivity index (χ4v) is 2.56. The van der Waals surface area contributed by atoms with Gasteiger partial charge < -0.3 is 19.1 Å². The van der Waals surface area contributed by atoms with Gasteiger partial charge in [0.25, 0.3) is 5.89 Å². The number of aromatic nitrogens is 6. The molecule has 1 atom stereocenters. The van der Waals surface area contributed by atoms with Gasteiger partial charge in [-0.1, -0.05) is 5.16 Å². The molecule has 0 amide bonds. The Balaban J connectivity index is 1.35. The summed E-state index contributed by atoms with van der Waals surface area (Å²) in [4.78, 5) is 17.2. The molecular formula is C14H17N7O2. The van der Waals surface area contributed by atoms with Crippen LogP contribution in [0.5, 0.6) is 0 Å². The van der Waals surface area contributed by atoms with Crippen LogP contribution in [0.2, 0.25) is 0 Å². The summed E-state index contributed by atoms with van der Waals surface area (Å²) in [7, 11) is 1.91. The molecule has 9 heteroatoms. The van der Waals surface area contributed by atoms with Crippen molar-refractivity contribution in [1.82, 2.24) is 29.7 Å². The van der Waals surface area contributed by atoms with E-state index in [-0.39, 0.29) is 6.10 Å². The molecule has 1 aliphatic rings. The topological polar surface area (TPSA) is 104 Å². The summed E-state index contributed by atoms with van der Waals surface area (Å²) < 4.78 is 12.7. The van der Waals surface area contributed by atoms with Gasteiger partial charge in [0.2, 0.25) is 5.95 Å². The zero-order valence-electron chi connectivity index (χ0n) is 12.8. The van der Waals surface area contributed by atoms with Crippen molar-refractivity contribution in [2.24, 2.45) is 7.05 Å². The van der Waals surface area contributed by atoms with E-state index >= 15 is 0 Å². The van der Waals surface area contributed by atoms with Gasteiger partial charge in [0, 0.05) is 26.6 Å². The molecule has 0 bridgehead atoms. The first kappa shape index (κ1) is 14.1. The summed E-state index contributed by atoms with van der Waals surface area (Å²) in [5.74, 6) is 1.77. The number of nitrogens with zero attached hydrogens (tertiary/aromatic N) is 6. The van der Waals surface area contributed by atoms with Gasteiger partial charge >= 0.3 is 0 Å². The van der Waals surface area contributed by atoms with Gasteiger partial charge in [-0.25, -0.2) is 9.97 Å². The lowest BCUT2D eigenvalue weighted by Gasteiger charge is -2.02. The van der Waals surface area contributed by atoms with E-state index in [4.69, 9.17) is 9.26 Å². The van der Waals surface area contributed by atoms with Crippen molar-refractivity contribution in [2.75, 3.05) is 18.5 Å². The van der Waals surface area contributed by atoms with Crippen LogP contribution in [-0.2, 0) is 18.2 Å². The zero-order valence-corrected chi connectivity index (χ0v) is 12.8. The normalized spacial score (nSPS) is 17.9. The fraction of sp³-hybridized carbons (Fsp3) is 0.500. The number of fused-ring (bicyclic) bond motifs is 1. The third-order valence-corrected chi connectivity index (χ3v) is 3.80. The Morgan fingerprint density at radius 1 is 1.35 bits per heavy atom. The first-order valence-electron chi connectivity index (χ1n) is 7.61. The Hall–Kier alpha value is -2.55. The van der Waals surface area contributed by atoms with Gasteiger partial charge in [-0.15, -0.1) is 0 Å². The third kappa shape index (κ3) is 2.87. The number of aryl methyl sites for hydroxylation is 1. The van der Waals surface area contributed by atoms with Crippen LogP contribution in [0.15, 0.2) is 17.0 Å². The second-order valence-electron chi connectivity index (χ2n) is 5.49. The monoisotopic (exact) mass is 315 g/mol. The van der Waals surface area contributed by atoms with Gasteiger partial charge in [0.15, 0.2) is 11.5 Å². The van der Waals surface area contributed by atoms with E-state index in [0.717, 1.165) is 25.0 Å². The number of imidazole rings is 1. The van der Waals surface area contributed by atoms with Crippen molar-refractivity contribution in [1.29, 1.82) is 0 Å². The maximum Gasteiger partial charge on any atom is 0.255 e. The number of hydrogen-bond donors (Lipinski definition) is 1. The highest BCUT2D eigenvalue weighted by molar-refractivity contribution is 5.70. The van der Waals surface area contributed by atoms with Crippen molar-refractivity contribution >= 4 is 17.1 Å². The lowest BCUT2D eigenvalue weighted by molar-refractivity contribution is 0.0835. The summed E-state index contributed by atoms with van der Waals surface area (Å²) in [6, 6.07) is 0. The summed E-state index contributed by atoms with van der Waals surface area (Å²) in [6.07, 6.45) is 6.03. The molecular weight excluding hydrogens is 298 g/mol. The van der Waals surface area contributed by atoms with E-state index in [9.17, 15) is 0 Å². The van der Waals surface area contributed by atoms with Crippen LogP contribution in [0.3, 0.4) is 0 Å². The van der Waals surface area contributed by atoms with Crippen molar-refractivity contribution in [3.8, 4) is 0 Å². The quantitative estimate of drug-likeness (QED) is 0.750. The van der Waals surface area contributed by atoms with Crippen LogP contribution >= 0.6 is 0 Å². The highest BCUT2D eigenvalue weighted by Crippen LogP contribution is 2.26. The zero-order chi connectivity index (χ0) is 15.6. The largest absolute Gasteiger partial charge is 0.368 e. The minimum absolute atomic E-state index is 0.0425. The molecule has 3 aromatic rings. The second kappa shape index (κ2) is 5.92. The standard InChI is InChI=1S/C14H17N7O2/c1-21-8-17-12-9(21)7-16-14(19-12)15-5-4-11-18-13(23-20-11)10-3-2-6-22-10/h7-8,10H,2-6H2,1H3,(H,15,16,19). The molecule has 0 aromatic carbocycles. The highest BCUT2D eigenvalue weighted by atomic mass is 16.5. The fourth-order valence-electron chi connectivity index (χ4n) is 2.56. The van der Waals surface area contributed by atoms with Gasteiger partial charge in [-0.2, -0.15) is 9.97 Å². The van der Waals surface area contributed by atoms with E-state index in [1.807, 2.05) is 11.6 Å². The molecule has 9 nitrogen and oxygen atoms in total. The molecule has 4 rings (SSSR count). The maximum absolute atomic E-state index is 5.53. The van der Waals surface area contributed by atoms with E-state index in [1.165, 1.54) is 0 Å². The highest BCUT2D eigenvalue weighted by Gasteiger charge is 2.23. The van der Waals surface area contributed by atoms with Crippen LogP contribution < -0.4 is 5.32 Å². The van der Waals surface area contributed by atoms with Crippen LogP contribution in [0.4, 0.5) is 5.95 Å². The minimum Gasteiger partial charge on any atom is -0.368 e.